The van der Waals surface area contributed by atoms with Crippen molar-refractivity contribution in [2.45, 2.75) is 0 Å². The molecule has 0 amide bonds. The van der Waals surface area contributed by atoms with Crippen molar-refractivity contribution in [3.63, 3.8) is 0 Å². The number of anilines is 3. The smallest absolute Gasteiger partial charge is 0.159 e. The summed E-state index contributed by atoms with van der Waals surface area (Å²) in [7, 11) is 0. The summed E-state index contributed by atoms with van der Waals surface area (Å²) in [6, 6.07) is 61.3. The zero-order chi connectivity index (χ0) is 34.2. The molecular formula is C48H29NO3. The predicted molar refractivity (Wildman–Crippen MR) is 214 cm³/mol. The van der Waals surface area contributed by atoms with E-state index in [1.165, 1.54) is 0 Å². The molecule has 0 saturated carbocycles. The maximum Gasteiger partial charge on any atom is 0.159 e. The summed E-state index contributed by atoms with van der Waals surface area (Å²) >= 11 is 0. The number of fused-ring (bicyclic) bond motifs is 9. The quantitative estimate of drug-likeness (QED) is 0.183. The highest BCUT2D eigenvalue weighted by Crippen LogP contribution is 2.46. The van der Waals surface area contributed by atoms with Crippen LogP contribution in [-0.4, -0.2) is 0 Å². The van der Waals surface area contributed by atoms with Crippen LogP contribution in [0.1, 0.15) is 0 Å². The average Bonchev–Trinajstić information content (AvgIpc) is 3.89. The molecule has 4 nitrogen and oxygen atoms in total. The number of rotatable bonds is 5. The number of furan rings is 3. The van der Waals surface area contributed by atoms with E-state index in [0.29, 0.717) is 0 Å². The van der Waals surface area contributed by atoms with Gasteiger partial charge in [0.25, 0.3) is 0 Å². The van der Waals surface area contributed by atoms with Crippen molar-refractivity contribution in [1.82, 2.24) is 0 Å². The Morgan fingerprint density at radius 1 is 0.308 bits per heavy atom. The van der Waals surface area contributed by atoms with Crippen LogP contribution in [0.4, 0.5) is 17.1 Å². The highest BCUT2D eigenvalue weighted by molar-refractivity contribution is 6.14. The maximum absolute atomic E-state index is 6.94. The van der Waals surface area contributed by atoms with Crippen LogP contribution in [-0.2, 0) is 0 Å². The van der Waals surface area contributed by atoms with Gasteiger partial charge in [0, 0.05) is 49.6 Å². The minimum atomic E-state index is 0.819. The first-order valence-electron chi connectivity index (χ1n) is 17.5. The fourth-order valence-corrected chi connectivity index (χ4v) is 7.84. The lowest BCUT2D eigenvalue weighted by molar-refractivity contribution is 0.668. The summed E-state index contributed by atoms with van der Waals surface area (Å²) in [4.78, 5) is 2.28. The van der Waals surface area contributed by atoms with Crippen LogP contribution < -0.4 is 4.90 Å². The summed E-state index contributed by atoms with van der Waals surface area (Å²) in [6.45, 7) is 0. The molecule has 0 atom stereocenters. The Hall–Kier alpha value is -7.04. The van der Waals surface area contributed by atoms with E-state index in [1.54, 1.807) is 0 Å². The van der Waals surface area contributed by atoms with E-state index in [2.05, 4.69) is 150 Å². The second-order valence-corrected chi connectivity index (χ2v) is 13.3. The van der Waals surface area contributed by atoms with Crippen molar-refractivity contribution in [2.24, 2.45) is 0 Å². The molecule has 8 aromatic carbocycles. The number of nitrogens with zero attached hydrogens (tertiary/aromatic N) is 1. The fraction of sp³-hybridized carbons (Fsp3) is 0. The molecule has 0 fully saturated rings. The van der Waals surface area contributed by atoms with Gasteiger partial charge in [-0.2, -0.15) is 0 Å². The number of para-hydroxylation sites is 4. The Bertz CT molecular complexity index is 3150. The van der Waals surface area contributed by atoms with Gasteiger partial charge in [-0.05, 0) is 71.3 Å². The SMILES string of the molecule is c1ccc(-c2cccc3c2oc2c(N(c4cccc(-c5ccc6c(c5)oc5ccccc56)c4)c4ccc5c(c4)oc4ccccc45)cccc23)cc1. The zero-order valence-electron chi connectivity index (χ0n) is 27.9. The molecule has 0 aliphatic carbocycles. The molecule has 0 saturated heterocycles. The van der Waals surface area contributed by atoms with Crippen LogP contribution in [0.15, 0.2) is 189 Å². The third kappa shape index (κ3) is 4.41. The Balaban J connectivity index is 1.13. The Kier molecular flexibility index (Phi) is 6.22. The molecule has 0 unspecified atom stereocenters. The fourth-order valence-electron chi connectivity index (χ4n) is 7.84. The predicted octanol–water partition coefficient (Wildman–Crippen LogP) is 14.2. The number of benzene rings is 8. The van der Waals surface area contributed by atoms with Crippen molar-refractivity contribution < 1.29 is 13.3 Å². The molecule has 0 radical (unpaired) electrons. The van der Waals surface area contributed by atoms with Gasteiger partial charge < -0.3 is 18.2 Å². The molecule has 11 rings (SSSR count). The van der Waals surface area contributed by atoms with Crippen LogP contribution in [0.5, 0.6) is 0 Å². The molecule has 3 aromatic heterocycles. The van der Waals surface area contributed by atoms with Gasteiger partial charge >= 0.3 is 0 Å². The monoisotopic (exact) mass is 667 g/mol. The van der Waals surface area contributed by atoms with E-state index in [4.69, 9.17) is 13.3 Å². The third-order valence-electron chi connectivity index (χ3n) is 10.3. The van der Waals surface area contributed by atoms with E-state index >= 15 is 0 Å². The van der Waals surface area contributed by atoms with Crippen molar-refractivity contribution >= 4 is 82.9 Å². The average molecular weight is 668 g/mol. The van der Waals surface area contributed by atoms with Crippen molar-refractivity contribution in [1.29, 1.82) is 0 Å². The molecule has 0 N–H and O–H groups in total. The molecule has 244 valence electrons. The third-order valence-corrected chi connectivity index (χ3v) is 10.3. The van der Waals surface area contributed by atoms with Crippen LogP contribution in [0.25, 0.3) is 88.1 Å². The highest BCUT2D eigenvalue weighted by atomic mass is 16.3. The van der Waals surface area contributed by atoms with E-state index in [-0.39, 0.29) is 0 Å². The lowest BCUT2D eigenvalue weighted by atomic mass is 10.0. The molecule has 0 spiro atoms. The number of hydrogen-bond acceptors (Lipinski definition) is 4. The molecule has 52 heavy (non-hydrogen) atoms. The minimum Gasteiger partial charge on any atom is -0.456 e. The van der Waals surface area contributed by atoms with Gasteiger partial charge in [-0.1, -0.05) is 115 Å². The van der Waals surface area contributed by atoms with Crippen LogP contribution in [0, 0.1) is 0 Å². The molecular weight excluding hydrogens is 639 g/mol. The molecule has 0 aliphatic rings. The van der Waals surface area contributed by atoms with Gasteiger partial charge in [0.05, 0.1) is 11.4 Å². The summed E-state index contributed by atoms with van der Waals surface area (Å²) < 4.78 is 19.6. The van der Waals surface area contributed by atoms with E-state index in [9.17, 15) is 0 Å². The van der Waals surface area contributed by atoms with Gasteiger partial charge in [-0.3, -0.25) is 0 Å². The lowest BCUT2D eigenvalue weighted by Crippen LogP contribution is -2.10. The van der Waals surface area contributed by atoms with Crippen molar-refractivity contribution in [2.75, 3.05) is 4.90 Å². The van der Waals surface area contributed by atoms with Gasteiger partial charge in [-0.25, -0.2) is 0 Å². The molecule has 11 aromatic rings. The van der Waals surface area contributed by atoms with Crippen molar-refractivity contribution in [3.8, 4) is 22.3 Å². The molecule has 0 bridgehead atoms. The first kappa shape index (κ1) is 28.8. The Morgan fingerprint density at radius 2 is 0.865 bits per heavy atom. The highest BCUT2D eigenvalue weighted by Gasteiger charge is 2.22. The summed E-state index contributed by atoms with van der Waals surface area (Å²) in [5, 5.41) is 6.57. The first-order chi connectivity index (χ1) is 25.8. The molecule has 0 aliphatic heterocycles. The Morgan fingerprint density at radius 3 is 1.65 bits per heavy atom. The van der Waals surface area contributed by atoms with Gasteiger partial charge in [-0.15, -0.1) is 0 Å². The second kappa shape index (κ2) is 11.2. The van der Waals surface area contributed by atoms with Gasteiger partial charge in [0.2, 0.25) is 0 Å². The van der Waals surface area contributed by atoms with Crippen LogP contribution >= 0.6 is 0 Å². The summed E-state index contributed by atoms with van der Waals surface area (Å²) in [5.74, 6) is 0. The van der Waals surface area contributed by atoms with E-state index < -0.39 is 0 Å². The van der Waals surface area contributed by atoms with Crippen LogP contribution in [0.3, 0.4) is 0 Å². The summed E-state index contributed by atoms with van der Waals surface area (Å²) in [5.41, 5.74) is 12.4. The summed E-state index contributed by atoms with van der Waals surface area (Å²) in [6.07, 6.45) is 0. The van der Waals surface area contributed by atoms with Gasteiger partial charge in [0.1, 0.15) is 27.9 Å². The van der Waals surface area contributed by atoms with Gasteiger partial charge in [0.15, 0.2) is 5.58 Å². The normalized spacial score (nSPS) is 11.8. The topological polar surface area (TPSA) is 42.7 Å². The number of hydrogen-bond donors (Lipinski definition) is 0. The van der Waals surface area contributed by atoms with E-state index in [0.717, 1.165) is 105 Å². The first-order valence-corrected chi connectivity index (χ1v) is 17.5. The lowest BCUT2D eigenvalue weighted by Gasteiger charge is -2.26. The maximum atomic E-state index is 6.94. The Labute approximate surface area is 298 Å². The largest absolute Gasteiger partial charge is 0.456 e. The van der Waals surface area contributed by atoms with E-state index in [1.807, 2.05) is 30.3 Å². The van der Waals surface area contributed by atoms with Crippen molar-refractivity contribution in [3.05, 3.63) is 176 Å². The second-order valence-electron chi connectivity index (χ2n) is 13.3. The standard InChI is InChI=1S/C48H29NO3/c1-2-11-30(12-3-1)35-17-9-18-40-41-19-10-20-42(48(41)52-47(35)40)49(34-24-26-39-37-16-5-7-22-44(37)51-46(39)29-34)33-14-8-13-31(27-33)32-23-25-38-36-15-4-6-21-43(36)50-45(38)28-32/h1-29H. The van der Waals surface area contributed by atoms with Crippen LogP contribution in [0.2, 0.25) is 0 Å². The molecule has 3 heterocycles. The zero-order valence-corrected chi connectivity index (χ0v) is 27.9. The molecule has 4 heteroatoms. The minimum absolute atomic E-state index is 0.819.